The second-order valence-corrected chi connectivity index (χ2v) is 9.99. The van der Waals surface area contributed by atoms with Crippen molar-refractivity contribution in [2.24, 2.45) is 0 Å². The number of amides is 1. The Morgan fingerprint density at radius 1 is 1.05 bits per heavy atom. The Bertz CT molecular complexity index is 1610. The van der Waals surface area contributed by atoms with E-state index in [1.54, 1.807) is 30.3 Å². The van der Waals surface area contributed by atoms with Crippen molar-refractivity contribution in [2.45, 2.75) is 31.9 Å². The summed E-state index contributed by atoms with van der Waals surface area (Å²) < 4.78 is 6.58. The first-order valence-corrected chi connectivity index (χ1v) is 12.6. The molecule has 5 rings (SSSR count). The normalized spacial score (nSPS) is 13.7. The molecule has 2 aromatic heterocycles. The van der Waals surface area contributed by atoms with Gasteiger partial charge in [0.05, 0.1) is 12.5 Å². The Labute approximate surface area is 225 Å². The first-order valence-electron chi connectivity index (χ1n) is 12.3. The zero-order valence-electron chi connectivity index (χ0n) is 21.0. The van der Waals surface area contributed by atoms with E-state index >= 15 is 0 Å². The van der Waals surface area contributed by atoms with E-state index in [-0.39, 0.29) is 29.8 Å². The molecule has 0 bridgehead atoms. The van der Waals surface area contributed by atoms with Gasteiger partial charge in [-0.2, -0.15) is 4.73 Å². The van der Waals surface area contributed by atoms with Crippen molar-refractivity contribution in [2.75, 3.05) is 0 Å². The summed E-state index contributed by atoms with van der Waals surface area (Å²) >= 11 is 6.17. The van der Waals surface area contributed by atoms with E-state index in [2.05, 4.69) is 5.32 Å². The number of aryl methyl sites for hydroxylation is 1. The number of aromatic nitrogens is 1. The van der Waals surface area contributed by atoms with Gasteiger partial charge < -0.3 is 20.0 Å². The van der Waals surface area contributed by atoms with Crippen molar-refractivity contribution in [1.82, 2.24) is 5.32 Å². The van der Waals surface area contributed by atoms with Crippen molar-refractivity contribution < 1.29 is 19.0 Å². The molecule has 2 N–H and O–H groups in total. The topological polar surface area (TPSA) is 89.4 Å². The van der Waals surface area contributed by atoms with E-state index in [1.807, 2.05) is 67.6 Å². The minimum absolute atomic E-state index is 0.136. The highest BCUT2D eigenvalue weighted by atomic mass is 35.5. The summed E-state index contributed by atoms with van der Waals surface area (Å²) in [4.78, 5) is 13.2. The molecule has 2 atom stereocenters. The van der Waals surface area contributed by atoms with Crippen LogP contribution in [-0.4, -0.2) is 11.0 Å². The fourth-order valence-electron chi connectivity index (χ4n) is 4.70. The summed E-state index contributed by atoms with van der Waals surface area (Å²) in [6.07, 6.45) is 1.47. The van der Waals surface area contributed by atoms with Gasteiger partial charge in [0, 0.05) is 22.5 Å². The fourth-order valence-corrected chi connectivity index (χ4v) is 4.93. The second-order valence-electron chi connectivity index (χ2n) is 9.56. The van der Waals surface area contributed by atoms with Crippen LogP contribution >= 0.6 is 11.6 Å². The van der Waals surface area contributed by atoms with Gasteiger partial charge in [0.15, 0.2) is 6.20 Å². The van der Waals surface area contributed by atoms with Gasteiger partial charge in [-0.05, 0) is 66.4 Å². The van der Waals surface area contributed by atoms with Crippen LogP contribution in [0.25, 0.3) is 11.0 Å². The average molecular weight is 527 g/mol. The van der Waals surface area contributed by atoms with Crippen LogP contribution in [0.5, 0.6) is 0 Å². The van der Waals surface area contributed by atoms with Crippen LogP contribution in [0.3, 0.4) is 0 Å². The summed E-state index contributed by atoms with van der Waals surface area (Å²) in [5, 5.41) is 27.9. The Kier molecular flexibility index (Phi) is 6.93. The number of halogens is 1. The lowest BCUT2D eigenvalue weighted by Crippen LogP contribution is -2.40. The van der Waals surface area contributed by atoms with Crippen molar-refractivity contribution >= 4 is 28.5 Å². The average Bonchev–Trinajstić information content (AvgIpc) is 3.33. The molecule has 7 heteroatoms. The number of benzene rings is 3. The number of aliphatic hydroxyl groups is 1. The van der Waals surface area contributed by atoms with Gasteiger partial charge in [-0.1, -0.05) is 60.1 Å². The molecule has 2 heterocycles. The number of carbonyl (C=O) groups excluding carboxylic acids is 1. The van der Waals surface area contributed by atoms with Crippen molar-refractivity contribution in [3.05, 3.63) is 141 Å². The Balaban J connectivity index is 1.39. The highest BCUT2D eigenvalue weighted by Gasteiger charge is 2.36. The van der Waals surface area contributed by atoms with E-state index in [0.717, 1.165) is 27.6 Å². The van der Waals surface area contributed by atoms with Crippen LogP contribution in [0, 0.1) is 12.1 Å². The van der Waals surface area contributed by atoms with Crippen molar-refractivity contribution in [3.63, 3.8) is 0 Å². The largest absolute Gasteiger partial charge is 0.618 e. The minimum Gasteiger partial charge on any atom is -0.618 e. The number of pyridine rings is 1. The van der Waals surface area contributed by atoms with Crippen LogP contribution in [0.4, 0.5) is 0 Å². The summed E-state index contributed by atoms with van der Waals surface area (Å²) in [5.41, 5.74) is 2.74. The standard InChI is InChI=1S/C31H27ClN2O4/c1-20-16-24(32)13-14-25(20)30(22-8-4-3-5-9-22)33-29(35)18-21-11-12-23-19-28(38-26(23)17-21)31(2,36)27-10-6-7-15-34(27)37/h3-17,19,30,36H,18H2,1-2H3,(H,33,35). The van der Waals surface area contributed by atoms with Crippen LogP contribution in [-0.2, 0) is 16.8 Å². The third-order valence-electron chi connectivity index (χ3n) is 6.73. The lowest BCUT2D eigenvalue weighted by Gasteiger charge is -2.22. The smallest absolute Gasteiger partial charge is 0.232 e. The van der Waals surface area contributed by atoms with Gasteiger partial charge in [-0.3, -0.25) is 4.79 Å². The Hall–Kier alpha value is -4.13. The molecule has 0 saturated carbocycles. The van der Waals surface area contributed by atoms with Gasteiger partial charge in [-0.25, -0.2) is 0 Å². The van der Waals surface area contributed by atoms with Gasteiger partial charge in [0.2, 0.25) is 17.2 Å². The van der Waals surface area contributed by atoms with Gasteiger partial charge >= 0.3 is 0 Å². The first-order chi connectivity index (χ1) is 18.2. The Morgan fingerprint density at radius 2 is 1.82 bits per heavy atom. The third kappa shape index (κ3) is 5.14. The fraction of sp³-hybridized carbons (Fsp3) is 0.161. The maximum Gasteiger partial charge on any atom is 0.232 e. The maximum absolute atomic E-state index is 13.2. The lowest BCUT2D eigenvalue weighted by molar-refractivity contribution is -0.621. The predicted molar refractivity (Wildman–Crippen MR) is 147 cm³/mol. The number of hydrogen-bond acceptors (Lipinski definition) is 4. The van der Waals surface area contributed by atoms with E-state index < -0.39 is 5.60 Å². The molecule has 2 unspecified atom stereocenters. The van der Waals surface area contributed by atoms with E-state index in [1.165, 1.54) is 13.1 Å². The van der Waals surface area contributed by atoms with Crippen molar-refractivity contribution in [3.8, 4) is 0 Å². The van der Waals surface area contributed by atoms with Crippen LogP contribution in [0.15, 0.2) is 102 Å². The van der Waals surface area contributed by atoms with Crippen LogP contribution in [0.1, 0.15) is 46.7 Å². The number of rotatable bonds is 7. The van der Waals surface area contributed by atoms with E-state index in [4.69, 9.17) is 16.0 Å². The number of nitrogens with zero attached hydrogens (tertiary/aromatic N) is 1. The molecule has 0 aliphatic rings. The molecule has 192 valence electrons. The zero-order valence-corrected chi connectivity index (χ0v) is 21.8. The molecule has 0 fully saturated rings. The van der Waals surface area contributed by atoms with E-state index in [9.17, 15) is 15.1 Å². The summed E-state index contributed by atoms with van der Waals surface area (Å²) in [7, 11) is 0. The number of fused-ring (bicyclic) bond motifs is 1. The molecule has 0 radical (unpaired) electrons. The molecule has 3 aromatic carbocycles. The molecule has 0 saturated heterocycles. The predicted octanol–water partition coefficient (Wildman–Crippen LogP) is 5.73. The first kappa shape index (κ1) is 25.5. The monoisotopic (exact) mass is 526 g/mol. The van der Waals surface area contributed by atoms with Gasteiger partial charge in [0.25, 0.3) is 0 Å². The molecule has 38 heavy (non-hydrogen) atoms. The molecule has 5 aromatic rings. The quantitative estimate of drug-likeness (QED) is 0.209. The molecule has 6 nitrogen and oxygen atoms in total. The molecular formula is C31H27ClN2O4. The zero-order chi connectivity index (χ0) is 26.9. The summed E-state index contributed by atoms with van der Waals surface area (Å²) in [6, 6.07) is 27.2. The number of furan rings is 1. The minimum atomic E-state index is -1.63. The summed E-state index contributed by atoms with van der Waals surface area (Å²) in [5.74, 6) is 0.0928. The molecule has 0 aliphatic carbocycles. The third-order valence-corrected chi connectivity index (χ3v) is 6.97. The number of hydrogen-bond donors (Lipinski definition) is 2. The maximum atomic E-state index is 13.2. The second kappa shape index (κ2) is 10.3. The molecule has 0 aliphatic heterocycles. The number of nitrogens with one attached hydrogen (secondary N) is 1. The molecular weight excluding hydrogens is 500 g/mol. The van der Waals surface area contributed by atoms with Gasteiger partial charge in [-0.15, -0.1) is 0 Å². The van der Waals surface area contributed by atoms with Gasteiger partial charge in [0.1, 0.15) is 11.3 Å². The summed E-state index contributed by atoms with van der Waals surface area (Å²) in [6.45, 7) is 3.50. The lowest BCUT2D eigenvalue weighted by atomic mass is 9.94. The SMILES string of the molecule is Cc1cc(Cl)ccc1C(NC(=O)Cc1ccc2cc(C(C)(O)c3cccc[n+]3[O-])oc2c1)c1ccccc1. The molecule has 0 spiro atoms. The van der Waals surface area contributed by atoms with E-state index in [0.29, 0.717) is 15.3 Å². The van der Waals surface area contributed by atoms with Crippen molar-refractivity contribution in [1.29, 1.82) is 0 Å². The number of carbonyl (C=O) groups is 1. The van der Waals surface area contributed by atoms with Crippen LogP contribution < -0.4 is 10.0 Å². The Morgan fingerprint density at radius 3 is 2.55 bits per heavy atom. The highest BCUT2D eigenvalue weighted by molar-refractivity contribution is 6.30. The molecule has 1 amide bonds. The highest BCUT2D eigenvalue weighted by Crippen LogP contribution is 2.32. The van der Waals surface area contributed by atoms with Crippen LogP contribution in [0.2, 0.25) is 5.02 Å².